The number of nitrogens with two attached hydrogens (primary N) is 1. The van der Waals surface area contributed by atoms with Crippen LogP contribution in [0.25, 0.3) is 0 Å². The van der Waals surface area contributed by atoms with E-state index in [4.69, 9.17) is 27.3 Å². The van der Waals surface area contributed by atoms with Crippen molar-refractivity contribution in [2.24, 2.45) is 10.9 Å². The van der Waals surface area contributed by atoms with Crippen molar-refractivity contribution in [1.29, 1.82) is 0 Å². The van der Waals surface area contributed by atoms with Gasteiger partial charge in [0, 0.05) is 24.4 Å². The summed E-state index contributed by atoms with van der Waals surface area (Å²) in [5, 5.41) is 12.2. The van der Waals surface area contributed by atoms with Crippen molar-refractivity contribution in [2.75, 3.05) is 19.5 Å². The number of methoxy groups -OCH3 is 1. The Kier molecular flexibility index (Phi) is 6.18. The predicted octanol–water partition coefficient (Wildman–Crippen LogP) is 2.56. The predicted molar refractivity (Wildman–Crippen MR) is 71.2 cm³/mol. The minimum absolute atomic E-state index is 0.0323. The SMILES string of the molecule is COCCCSc1cccc(Cl)c1C(N)=NO. The van der Waals surface area contributed by atoms with Gasteiger partial charge in [-0.15, -0.1) is 11.8 Å². The third-order valence-corrected chi connectivity index (χ3v) is 3.55. The normalized spacial score (nSPS) is 11.8. The first-order valence-electron chi connectivity index (χ1n) is 5.09. The van der Waals surface area contributed by atoms with Crippen LogP contribution in [0.4, 0.5) is 0 Å². The van der Waals surface area contributed by atoms with Crippen molar-refractivity contribution in [3.63, 3.8) is 0 Å². The molecular formula is C11H15ClN2O2S. The molecule has 17 heavy (non-hydrogen) atoms. The molecule has 4 nitrogen and oxygen atoms in total. The molecule has 1 rings (SSSR count). The molecule has 0 aliphatic rings. The number of hydrogen-bond donors (Lipinski definition) is 2. The van der Waals surface area contributed by atoms with Crippen LogP contribution >= 0.6 is 23.4 Å². The highest BCUT2D eigenvalue weighted by molar-refractivity contribution is 7.99. The molecule has 1 aromatic rings. The molecule has 0 spiro atoms. The van der Waals surface area contributed by atoms with E-state index >= 15 is 0 Å². The lowest BCUT2D eigenvalue weighted by Crippen LogP contribution is -2.15. The number of nitrogens with zero attached hydrogens (tertiary/aromatic N) is 1. The second-order valence-electron chi connectivity index (χ2n) is 3.29. The Bertz CT molecular complexity index is 399. The molecule has 0 radical (unpaired) electrons. The number of thioether (sulfide) groups is 1. The van der Waals surface area contributed by atoms with Crippen molar-refractivity contribution in [3.8, 4) is 0 Å². The van der Waals surface area contributed by atoms with Gasteiger partial charge in [-0.2, -0.15) is 0 Å². The molecular weight excluding hydrogens is 260 g/mol. The lowest BCUT2D eigenvalue weighted by Gasteiger charge is -2.09. The Morgan fingerprint density at radius 2 is 2.35 bits per heavy atom. The molecule has 1 aromatic carbocycles. The average molecular weight is 275 g/mol. The van der Waals surface area contributed by atoms with E-state index in [9.17, 15) is 0 Å². The number of ether oxygens (including phenoxy) is 1. The van der Waals surface area contributed by atoms with Gasteiger partial charge in [0.15, 0.2) is 5.84 Å². The fraction of sp³-hybridized carbons (Fsp3) is 0.364. The standard InChI is InChI=1S/C11H15ClN2O2S/c1-16-6-3-7-17-9-5-2-4-8(12)10(9)11(13)14-15/h2,4-5,15H,3,6-7H2,1H3,(H2,13,14). The van der Waals surface area contributed by atoms with Gasteiger partial charge in [0.1, 0.15) is 0 Å². The maximum absolute atomic E-state index is 8.72. The minimum atomic E-state index is 0.0323. The van der Waals surface area contributed by atoms with Crippen molar-refractivity contribution in [3.05, 3.63) is 28.8 Å². The van der Waals surface area contributed by atoms with Crippen LogP contribution in [0.3, 0.4) is 0 Å². The van der Waals surface area contributed by atoms with E-state index in [2.05, 4.69) is 5.16 Å². The molecule has 0 aliphatic heterocycles. The molecule has 0 heterocycles. The summed E-state index contributed by atoms with van der Waals surface area (Å²) in [5.41, 5.74) is 6.19. The molecule has 3 N–H and O–H groups in total. The Morgan fingerprint density at radius 1 is 1.59 bits per heavy atom. The number of hydrogen-bond acceptors (Lipinski definition) is 4. The Labute approximate surface area is 110 Å². The molecule has 94 valence electrons. The zero-order valence-corrected chi connectivity index (χ0v) is 11.1. The molecule has 0 saturated carbocycles. The van der Waals surface area contributed by atoms with Crippen LogP contribution in [0.2, 0.25) is 5.02 Å². The Hall–Kier alpha value is -0.910. The molecule has 0 aromatic heterocycles. The van der Waals surface area contributed by atoms with Crippen LogP contribution in [0.15, 0.2) is 28.3 Å². The topological polar surface area (TPSA) is 67.8 Å². The largest absolute Gasteiger partial charge is 0.409 e. The molecule has 0 amide bonds. The zero-order valence-electron chi connectivity index (χ0n) is 9.52. The zero-order chi connectivity index (χ0) is 12.7. The maximum Gasteiger partial charge on any atom is 0.172 e. The van der Waals surface area contributed by atoms with E-state index in [0.29, 0.717) is 17.2 Å². The summed E-state index contributed by atoms with van der Waals surface area (Å²) in [7, 11) is 1.67. The molecule has 0 unspecified atom stereocenters. The van der Waals surface area contributed by atoms with Gasteiger partial charge in [0.05, 0.1) is 10.6 Å². The molecule has 0 saturated heterocycles. The van der Waals surface area contributed by atoms with Gasteiger partial charge in [-0.05, 0) is 18.6 Å². The number of halogens is 1. The van der Waals surface area contributed by atoms with E-state index in [1.54, 1.807) is 24.9 Å². The van der Waals surface area contributed by atoms with E-state index in [0.717, 1.165) is 17.1 Å². The third kappa shape index (κ3) is 4.11. The van der Waals surface area contributed by atoms with Crippen LogP contribution in [0.1, 0.15) is 12.0 Å². The first-order chi connectivity index (χ1) is 8.20. The summed E-state index contributed by atoms with van der Waals surface area (Å²) in [6.45, 7) is 0.715. The van der Waals surface area contributed by atoms with E-state index in [1.807, 2.05) is 12.1 Å². The van der Waals surface area contributed by atoms with Gasteiger partial charge in [0.2, 0.25) is 0 Å². The second-order valence-corrected chi connectivity index (χ2v) is 4.84. The molecule has 0 fully saturated rings. The highest BCUT2D eigenvalue weighted by Gasteiger charge is 2.11. The number of oxime groups is 1. The fourth-order valence-corrected chi connectivity index (χ4v) is 2.65. The smallest absolute Gasteiger partial charge is 0.172 e. The molecule has 0 bridgehead atoms. The average Bonchev–Trinajstić information content (AvgIpc) is 2.34. The highest BCUT2D eigenvalue weighted by atomic mass is 35.5. The summed E-state index contributed by atoms with van der Waals surface area (Å²) >= 11 is 7.64. The quantitative estimate of drug-likeness (QED) is 0.209. The second kappa shape index (κ2) is 7.42. The van der Waals surface area contributed by atoms with Gasteiger partial charge in [-0.3, -0.25) is 0 Å². The van der Waals surface area contributed by atoms with Crippen LogP contribution < -0.4 is 5.73 Å². The summed E-state index contributed by atoms with van der Waals surface area (Å²) in [6.07, 6.45) is 0.934. The van der Waals surface area contributed by atoms with Crippen molar-refractivity contribution >= 4 is 29.2 Å². The van der Waals surface area contributed by atoms with E-state index in [1.165, 1.54) is 0 Å². The lowest BCUT2D eigenvalue weighted by molar-refractivity contribution is 0.200. The number of benzene rings is 1. The van der Waals surface area contributed by atoms with Crippen LogP contribution in [0.5, 0.6) is 0 Å². The maximum atomic E-state index is 8.72. The van der Waals surface area contributed by atoms with Crippen molar-refractivity contribution in [2.45, 2.75) is 11.3 Å². The highest BCUT2D eigenvalue weighted by Crippen LogP contribution is 2.28. The summed E-state index contributed by atoms with van der Waals surface area (Å²) in [5.74, 6) is 0.921. The summed E-state index contributed by atoms with van der Waals surface area (Å²) in [6, 6.07) is 5.46. The molecule has 0 atom stereocenters. The summed E-state index contributed by atoms with van der Waals surface area (Å²) in [4.78, 5) is 0.906. The lowest BCUT2D eigenvalue weighted by atomic mass is 10.2. The first kappa shape index (κ1) is 14.2. The minimum Gasteiger partial charge on any atom is -0.409 e. The van der Waals surface area contributed by atoms with Crippen LogP contribution in [0, 0.1) is 0 Å². The Balaban J connectivity index is 2.80. The van der Waals surface area contributed by atoms with Gasteiger partial charge in [-0.1, -0.05) is 22.8 Å². The first-order valence-corrected chi connectivity index (χ1v) is 6.45. The van der Waals surface area contributed by atoms with Crippen LogP contribution in [-0.2, 0) is 4.74 Å². The number of rotatable bonds is 6. The van der Waals surface area contributed by atoms with Crippen molar-refractivity contribution in [1.82, 2.24) is 0 Å². The Morgan fingerprint density at radius 3 is 3.00 bits per heavy atom. The molecule has 6 heteroatoms. The summed E-state index contributed by atoms with van der Waals surface area (Å²) < 4.78 is 4.97. The van der Waals surface area contributed by atoms with Gasteiger partial charge < -0.3 is 15.7 Å². The van der Waals surface area contributed by atoms with Gasteiger partial charge >= 0.3 is 0 Å². The van der Waals surface area contributed by atoms with Gasteiger partial charge in [0.25, 0.3) is 0 Å². The molecule has 0 aliphatic carbocycles. The van der Waals surface area contributed by atoms with Crippen molar-refractivity contribution < 1.29 is 9.94 Å². The van der Waals surface area contributed by atoms with Gasteiger partial charge in [-0.25, -0.2) is 0 Å². The van der Waals surface area contributed by atoms with E-state index in [-0.39, 0.29) is 5.84 Å². The fourth-order valence-electron chi connectivity index (χ4n) is 1.31. The monoisotopic (exact) mass is 274 g/mol. The van der Waals surface area contributed by atoms with Crippen LogP contribution in [-0.4, -0.2) is 30.5 Å². The number of amidine groups is 1. The third-order valence-electron chi connectivity index (χ3n) is 2.09. The van der Waals surface area contributed by atoms with E-state index < -0.39 is 0 Å².